The molecule has 1 fully saturated rings. The van der Waals surface area contributed by atoms with Crippen LogP contribution in [-0.2, 0) is 22.7 Å². The summed E-state index contributed by atoms with van der Waals surface area (Å²) in [5.74, 6) is 1.40. The van der Waals surface area contributed by atoms with Crippen molar-refractivity contribution < 1.29 is 8.42 Å². The number of rotatable bonds is 4. The first kappa shape index (κ1) is 15.2. The number of hydrogen-bond donors (Lipinski definition) is 1. The Hall–Kier alpha value is -1.69. The smallest absolute Gasteiger partial charge is 0.153 e. The van der Waals surface area contributed by atoms with Gasteiger partial charge in [-0.3, -0.25) is 4.98 Å². The van der Waals surface area contributed by atoms with E-state index in [4.69, 9.17) is 0 Å². The molecule has 1 N–H and O–H groups in total. The Bertz CT molecular complexity index is 726. The van der Waals surface area contributed by atoms with Crippen molar-refractivity contribution in [3.05, 3.63) is 47.8 Å². The Morgan fingerprint density at radius 1 is 1.27 bits per heavy atom. The van der Waals surface area contributed by atoms with Gasteiger partial charge in [-0.2, -0.15) is 0 Å². The maximum Gasteiger partial charge on any atom is 0.153 e. The van der Waals surface area contributed by atoms with Gasteiger partial charge >= 0.3 is 0 Å². The molecule has 1 saturated heterocycles. The number of pyridine rings is 1. The molecule has 2 aromatic heterocycles. The molecule has 3 heterocycles. The van der Waals surface area contributed by atoms with Crippen LogP contribution in [0, 0.1) is 12.8 Å². The molecule has 0 aliphatic carbocycles. The molecule has 2 unspecified atom stereocenters. The monoisotopic (exact) mass is 319 g/mol. The number of nitrogens with zero attached hydrogens (tertiary/aromatic N) is 2. The van der Waals surface area contributed by atoms with Crippen molar-refractivity contribution >= 4 is 9.84 Å². The van der Waals surface area contributed by atoms with Gasteiger partial charge in [0.1, 0.15) is 5.82 Å². The van der Waals surface area contributed by atoms with Crippen molar-refractivity contribution in [3.8, 4) is 0 Å². The van der Waals surface area contributed by atoms with E-state index in [-0.39, 0.29) is 11.0 Å². The van der Waals surface area contributed by atoms with Crippen molar-refractivity contribution in [2.45, 2.75) is 37.9 Å². The average Bonchev–Trinajstić information content (AvgIpc) is 2.96. The molecule has 1 aliphatic rings. The highest BCUT2D eigenvalue weighted by molar-refractivity contribution is 7.92. The van der Waals surface area contributed by atoms with Crippen LogP contribution in [0.15, 0.2) is 30.7 Å². The van der Waals surface area contributed by atoms with Crippen LogP contribution < -0.4 is 0 Å². The summed E-state index contributed by atoms with van der Waals surface area (Å²) in [6, 6.07) is 4.07. The van der Waals surface area contributed by atoms with Crippen molar-refractivity contribution in [3.63, 3.8) is 0 Å². The summed E-state index contributed by atoms with van der Waals surface area (Å²) in [5, 5.41) is -0.331. The number of imidazole rings is 1. The van der Waals surface area contributed by atoms with E-state index in [0.717, 1.165) is 24.4 Å². The van der Waals surface area contributed by atoms with Crippen LogP contribution in [0.25, 0.3) is 0 Å². The minimum absolute atomic E-state index is 0.273. The van der Waals surface area contributed by atoms with E-state index in [1.165, 1.54) is 5.56 Å². The van der Waals surface area contributed by atoms with E-state index in [0.29, 0.717) is 18.8 Å². The molecule has 0 saturated carbocycles. The highest BCUT2D eigenvalue weighted by atomic mass is 32.2. The molecular weight excluding hydrogens is 298 g/mol. The zero-order valence-electron chi connectivity index (χ0n) is 12.7. The maximum absolute atomic E-state index is 12.3. The highest BCUT2D eigenvalue weighted by Gasteiger charge is 2.34. The molecule has 0 radical (unpaired) electrons. The molecule has 2 aromatic rings. The molecule has 2 atom stereocenters. The Morgan fingerprint density at radius 3 is 2.86 bits per heavy atom. The van der Waals surface area contributed by atoms with Gasteiger partial charge in [0.15, 0.2) is 9.84 Å². The standard InChI is InChI=1S/C16H21N3O2S/c1-12-2-4-17-14(8-12)9-13-3-7-22(20,21)15(10-13)11-16-18-5-6-19-16/h2,4-6,8,13,15H,3,7,9-11H2,1H3,(H,18,19). The summed E-state index contributed by atoms with van der Waals surface area (Å²) in [5.41, 5.74) is 2.25. The molecule has 22 heavy (non-hydrogen) atoms. The van der Waals surface area contributed by atoms with Crippen LogP contribution in [0.4, 0.5) is 0 Å². The number of nitrogens with one attached hydrogen (secondary N) is 1. The van der Waals surface area contributed by atoms with E-state index >= 15 is 0 Å². The second-order valence-corrected chi connectivity index (χ2v) is 8.55. The third-order valence-electron chi connectivity index (χ3n) is 4.36. The Balaban J connectivity index is 1.70. The molecular formula is C16H21N3O2S. The summed E-state index contributed by atoms with van der Waals surface area (Å²) in [6.07, 6.45) is 7.98. The van der Waals surface area contributed by atoms with Gasteiger partial charge in [0.05, 0.1) is 11.0 Å². The zero-order valence-corrected chi connectivity index (χ0v) is 13.5. The van der Waals surface area contributed by atoms with E-state index < -0.39 is 9.84 Å². The first-order valence-corrected chi connectivity index (χ1v) is 9.36. The fraction of sp³-hybridized carbons (Fsp3) is 0.500. The Labute approximate surface area is 131 Å². The minimum Gasteiger partial charge on any atom is -0.349 e. The maximum atomic E-state index is 12.3. The molecule has 3 rings (SSSR count). The number of H-pyrrole nitrogens is 1. The van der Waals surface area contributed by atoms with Crippen molar-refractivity contribution in [1.82, 2.24) is 15.0 Å². The first-order valence-electron chi connectivity index (χ1n) is 7.64. The second-order valence-electron chi connectivity index (χ2n) is 6.15. The predicted molar refractivity (Wildman–Crippen MR) is 85.3 cm³/mol. The third kappa shape index (κ3) is 3.55. The summed E-state index contributed by atoms with van der Waals surface area (Å²) in [6.45, 7) is 2.05. The van der Waals surface area contributed by atoms with Gasteiger partial charge in [0.25, 0.3) is 0 Å². The van der Waals surface area contributed by atoms with Crippen LogP contribution in [0.1, 0.15) is 29.9 Å². The van der Waals surface area contributed by atoms with E-state index in [2.05, 4.69) is 27.9 Å². The third-order valence-corrected chi connectivity index (χ3v) is 6.54. The summed E-state index contributed by atoms with van der Waals surface area (Å²) < 4.78 is 24.6. The van der Waals surface area contributed by atoms with E-state index in [1.54, 1.807) is 12.4 Å². The second kappa shape index (κ2) is 6.20. The largest absolute Gasteiger partial charge is 0.349 e. The van der Waals surface area contributed by atoms with Crippen LogP contribution in [-0.4, -0.2) is 34.4 Å². The lowest BCUT2D eigenvalue weighted by Crippen LogP contribution is -2.35. The van der Waals surface area contributed by atoms with Gasteiger partial charge in [-0.1, -0.05) is 0 Å². The zero-order chi connectivity index (χ0) is 15.6. The lowest BCUT2D eigenvalue weighted by Gasteiger charge is -2.28. The summed E-state index contributed by atoms with van der Waals surface area (Å²) >= 11 is 0. The number of aromatic nitrogens is 3. The lowest BCUT2D eigenvalue weighted by atomic mass is 9.92. The average molecular weight is 319 g/mol. The molecule has 1 aliphatic heterocycles. The van der Waals surface area contributed by atoms with Crippen molar-refractivity contribution in [2.75, 3.05) is 5.75 Å². The van der Waals surface area contributed by atoms with E-state index in [1.807, 2.05) is 12.3 Å². The van der Waals surface area contributed by atoms with Gasteiger partial charge < -0.3 is 4.98 Å². The fourth-order valence-electron chi connectivity index (χ4n) is 3.16. The van der Waals surface area contributed by atoms with Gasteiger partial charge in [-0.25, -0.2) is 13.4 Å². The van der Waals surface area contributed by atoms with E-state index in [9.17, 15) is 8.42 Å². The predicted octanol–water partition coefficient (Wildman–Crippen LogP) is 2.09. The number of aromatic amines is 1. The lowest BCUT2D eigenvalue weighted by molar-refractivity contribution is 0.415. The molecule has 0 spiro atoms. The molecule has 0 amide bonds. The Kier molecular flexibility index (Phi) is 4.29. The molecule has 0 bridgehead atoms. The number of sulfone groups is 1. The molecule has 5 nitrogen and oxygen atoms in total. The van der Waals surface area contributed by atoms with Crippen molar-refractivity contribution in [1.29, 1.82) is 0 Å². The summed E-state index contributed by atoms with van der Waals surface area (Å²) in [7, 11) is -3.01. The van der Waals surface area contributed by atoms with Crippen LogP contribution in [0.2, 0.25) is 0 Å². The van der Waals surface area contributed by atoms with Crippen LogP contribution in [0.3, 0.4) is 0 Å². The number of aryl methyl sites for hydroxylation is 1. The quantitative estimate of drug-likeness (QED) is 0.936. The van der Waals surface area contributed by atoms with Gasteiger partial charge in [0.2, 0.25) is 0 Å². The van der Waals surface area contributed by atoms with Gasteiger partial charge in [-0.15, -0.1) is 0 Å². The van der Waals surface area contributed by atoms with Gasteiger partial charge in [0, 0.05) is 30.7 Å². The fourth-order valence-corrected chi connectivity index (χ4v) is 5.13. The number of hydrogen-bond acceptors (Lipinski definition) is 4. The minimum atomic E-state index is -3.01. The summed E-state index contributed by atoms with van der Waals surface area (Å²) in [4.78, 5) is 11.6. The highest BCUT2D eigenvalue weighted by Crippen LogP contribution is 2.29. The normalized spacial score (nSPS) is 24.2. The molecule has 118 valence electrons. The molecule has 0 aromatic carbocycles. The van der Waals surface area contributed by atoms with Gasteiger partial charge in [-0.05, 0) is 49.8 Å². The SMILES string of the molecule is Cc1ccnc(CC2CCS(=O)(=O)C(Cc3ncc[nH]3)C2)c1. The Morgan fingerprint density at radius 2 is 2.14 bits per heavy atom. The van der Waals surface area contributed by atoms with Crippen molar-refractivity contribution in [2.24, 2.45) is 5.92 Å². The molecule has 6 heteroatoms. The first-order chi connectivity index (χ1) is 10.5. The topological polar surface area (TPSA) is 75.7 Å². The van der Waals surface area contributed by atoms with Crippen LogP contribution >= 0.6 is 0 Å². The van der Waals surface area contributed by atoms with Crippen LogP contribution in [0.5, 0.6) is 0 Å².